The van der Waals surface area contributed by atoms with Crippen LogP contribution in [0.25, 0.3) is 22.5 Å². The number of carbonyl (C=O) groups is 1. The zero-order chi connectivity index (χ0) is 25.8. The summed E-state index contributed by atoms with van der Waals surface area (Å²) >= 11 is 0. The molecule has 192 valence electrons. The van der Waals surface area contributed by atoms with Crippen LogP contribution in [0.3, 0.4) is 0 Å². The minimum absolute atomic E-state index is 0.159. The second-order valence-corrected chi connectivity index (χ2v) is 9.68. The maximum atomic E-state index is 12.0. The summed E-state index contributed by atoms with van der Waals surface area (Å²) in [5.41, 5.74) is 4.36. The number of hydrogen-bond donors (Lipinski definition) is 0. The Morgan fingerprint density at radius 2 is 1.50 bits per heavy atom. The second kappa shape index (κ2) is 14.4. The van der Waals surface area contributed by atoms with Crippen molar-refractivity contribution in [3.63, 3.8) is 0 Å². The summed E-state index contributed by atoms with van der Waals surface area (Å²) in [6.45, 7) is 8.61. The highest BCUT2D eigenvalue weighted by atomic mass is 16.6. The Hall–Kier alpha value is -3.21. The molecule has 1 aromatic heterocycles. The van der Waals surface area contributed by atoms with E-state index in [4.69, 9.17) is 9.47 Å². The van der Waals surface area contributed by atoms with Crippen LogP contribution in [-0.4, -0.2) is 28.6 Å². The van der Waals surface area contributed by atoms with Crippen molar-refractivity contribution in [2.45, 2.75) is 78.7 Å². The molecule has 5 heteroatoms. The minimum atomic E-state index is -0.294. The van der Waals surface area contributed by atoms with E-state index in [-0.39, 0.29) is 12.1 Å². The number of esters is 1. The van der Waals surface area contributed by atoms with Crippen LogP contribution in [0.1, 0.15) is 71.8 Å². The number of aromatic nitrogens is 2. The number of hydrogen-bond acceptors (Lipinski definition) is 5. The van der Waals surface area contributed by atoms with Gasteiger partial charge in [-0.3, -0.25) is 4.79 Å². The first-order valence-electron chi connectivity index (χ1n) is 13.3. The summed E-state index contributed by atoms with van der Waals surface area (Å²) in [5, 5.41) is 0. The maximum Gasteiger partial charge on any atom is 0.306 e. The van der Waals surface area contributed by atoms with E-state index >= 15 is 0 Å². The quantitative estimate of drug-likeness (QED) is 0.172. The SMILES string of the molecule is CCCCCc1ccc(-c2ncc(-c3ccc(OCC(C)OC(=O)CC(C)CCC)cc3)cn2)cc1. The lowest BCUT2D eigenvalue weighted by atomic mass is 10.0. The topological polar surface area (TPSA) is 61.3 Å². The zero-order valence-corrected chi connectivity index (χ0v) is 22.2. The molecule has 0 saturated carbocycles. The molecule has 0 spiro atoms. The molecule has 0 aliphatic heterocycles. The molecule has 2 atom stereocenters. The molecule has 0 saturated heterocycles. The highest BCUT2D eigenvalue weighted by Crippen LogP contribution is 2.24. The van der Waals surface area contributed by atoms with Gasteiger partial charge in [0.25, 0.3) is 0 Å². The van der Waals surface area contributed by atoms with Crippen molar-refractivity contribution in [3.8, 4) is 28.3 Å². The van der Waals surface area contributed by atoms with Gasteiger partial charge in [-0.05, 0) is 48.9 Å². The lowest BCUT2D eigenvalue weighted by Gasteiger charge is -2.16. The van der Waals surface area contributed by atoms with E-state index in [9.17, 15) is 4.79 Å². The highest BCUT2D eigenvalue weighted by molar-refractivity contribution is 5.69. The van der Waals surface area contributed by atoms with Gasteiger partial charge in [0.2, 0.25) is 0 Å². The Kier molecular flexibility index (Phi) is 10.9. The number of rotatable bonds is 14. The van der Waals surface area contributed by atoms with Crippen LogP contribution in [-0.2, 0) is 16.0 Å². The molecule has 0 aliphatic carbocycles. The number of ether oxygens (including phenoxy) is 2. The van der Waals surface area contributed by atoms with Gasteiger partial charge in [0, 0.05) is 29.9 Å². The molecule has 5 nitrogen and oxygen atoms in total. The fourth-order valence-corrected chi connectivity index (χ4v) is 4.17. The largest absolute Gasteiger partial charge is 0.490 e. The number of aryl methyl sites for hydroxylation is 1. The summed E-state index contributed by atoms with van der Waals surface area (Å²) in [5.74, 6) is 1.65. The predicted molar refractivity (Wildman–Crippen MR) is 146 cm³/mol. The van der Waals surface area contributed by atoms with E-state index in [1.54, 1.807) is 0 Å². The third-order valence-electron chi connectivity index (χ3n) is 6.23. The van der Waals surface area contributed by atoms with Gasteiger partial charge >= 0.3 is 5.97 Å². The lowest BCUT2D eigenvalue weighted by Crippen LogP contribution is -2.23. The number of benzene rings is 2. The molecule has 0 aliphatic rings. The van der Waals surface area contributed by atoms with Crippen molar-refractivity contribution in [2.24, 2.45) is 5.92 Å². The molecule has 0 amide bonds. The van der Waals surface area contributed by atoms with Crippen LogP contribution in [0.4, 0.5) is 0 Å². The standard InChI is InChI=1S/C31H40N2O3/c1-5-7-8-10-25-11-13-27(14-12-25)31-32-20-28(21-33-31)26-15-17-29(18-16-26)35-22-24(4)36-30(34)19-23(3)9-6-2/h11-18,20-21,23-24H,5-10,19,22H2,1-4H3. The van der Waals surface area contributed by atoms with Gasteiger partial charge < -0.3 is 9.47 Å². The Morgan fingerprint density at radius 3 is 2.14 bits per heavy atom. The van der Waals surface area contributed by atoms with Crippen molar-refractivity contribution in [2.75, 3.05) is 6.61 Å². The van der Waals surface area contributed by atoms with Crippen LogP contribution in [0.15, 0.2) is 60.9 Å². The van der Waals surface area contributed by atoms with Gasteiger partial charge in [0.05, 0.1) is 0 Å². The fourth-order valence-electron chi connectivity index (χ4n) is 4.17. The molecule has 0 bridgehead atoms. The average Bonchev–Trinajstić information content (AvgIpc) is 2.88. The molecule has 2 unspecified atom stereocenters. The van der Waals surface area contributed by atoms with Gasteiger partial charge in [-0.15, -0.1) is 0 Å². The molecule has 3 rings (SSSR count). The van der Waals surface area contributed by atoms with Gasteiger partial charge in [-0.25, -0.2) is 9.97 Å². The van der Waals surface area contributed by atoms with E-state index in [1.165, 1.54) is 24.8 Å². The molecule has 1 heterocycles. The van der Waals surface area contributed by atoms with Crippen molar-refractivity contribution in [3.05, 3.63) is 66.5 Å². The number of nitrogens with zero attached hydrogens (tertiary/aromatic N) is 2. The Bertz CT molecular complexity index is 1050. The molecule has 0 N–H and O–H groups in total. The summed E-state index contributed by atoms with van der Waals surface area (Å²) in [4.78, 5) is 21.2. The molecular weight excluding hydrogens is 448 g/mol. The first-order valence-corrected chi connectivity index (χ1v) is 13.3. The van der Waals surface area contributed by atoms with Gasteiger partial charge in [-0.1, -0.05) is 82.9 Å². The minimum Gasteiger partial charge on any atom is -0.490 e. The Balaban J connectivity index is 1.49. The molecule has 3 aromatic rings. The second-order valence-electron chi connectivity index (χ2n) is 9.68. The third kappa shape index (κ3) is 8.78. The van der Waals surface area contributed by atoms with E-state index < -0.39 is 0 Å². The number of carbonyl (C=O) groups excluding carboxylic acids is 1. The van der Waals surface area contributed by atoms with Crippen molar-refractivity contribution >= 4 is 5.97 Å². The van der Waals surface area contributed by atoms with Gasteiger partial charge in [0.1, 0.15) is 18.5 Å². The summed E-state index contributed by atoms with van der Waals surface area (Å²) in [7, 11) is 0. The van der Waals surface area contributed by atoms with Crippen molar-refractivity contribution in [1.82, 2.24) is 9.97 Å². The lowest BCUT2D eigenvalue weighted by molar-refractivity contribution is -0.150. The summed E-state index contributed by atoms with van der Waals surface area (Å²) < 4.78 is 11.3. The molecule has 2 aromatic carbocycles. The Labute approximate surface area is 216 Å². The van der Waals surface area contributed by atoms with Crippen molar-refractivity contribution < 1.29 is 14.3 Å². The fraction of sp³-hybridized carbons (Fsp3) is 0.452. The Morgan fingerprint density at radius 1 is 0.833 bits per heavy atom. The molecule has 36 heavy (non-hydrogen) atoms. The first-order chi connectivity index (χ1) is 17.5. The molecule has 0 fully saturated rings. The first kappa shape index (κ1) is 27.4. The molecular formula is C31H40N2O3. The van der Waals surface area contributed by atoms with Crippen LogP contribution in [0, 0.1) is 5.92 Å². The highest BCUT2D eigenvalue weighted by Gasteiger charge is 2.14. The van der Waals surface area contributed by atoms with Gasteiger partial charge in [0.15, 0.2) is 5.82 Å². The maximum absolute atomic E-state index is 12.0. The zero-order valence-electron chi connectivity index (χ0n) is 22.2. The van der Waals surface area contributed by atoms with E-state index in [0.717, 1.165) is 47.5 Å². The van der Waals surface area contributed by atoms with Crippen LogP contribution >= 0.6 is 0 Å². The van der Waals surface area contributed by atoms with E-state index in [1.807, 2.05) is 43.6 Å². The smallest absolute Gasteiger partial charge is 0.306 e. The monoisotopic (exact) mass is 488 g/mol. The van der Waals surface area contributed by atoms with Gasteiger partial charge in [-0.2, -0.15) is 0 Å². The summed E-state index contributed by atoms with van der Waals surface area (Å²) in [6.07, 6.45) is 10.8. The average molecular weight is 489 g/mol. The normalized spacial score (nSPS) is 12.7. The van der Waals surface area contributed by atoms with Crippen LogP contribution in [0.2, 0.25) is 0 Å². The van der Waals surface area contributed by atoms with Crippen LogP contribution < -0.4 is 4.74 Å². The van der Waals surface area contributed by atoms with Crippen molar-refractivity contribution in [1.29, 1.82) is 0 Å². The van der Waals surface area contributed by atoms with E-state index in [0.29, 0.717) is 18.9 Å². The third-order valence-corrected chi connectivity index (χ3v) is 6.23. The predicted octanol–water partition coefficient (Wildman–Crippen LogP) is 7.68. The van der Waals surface area contributed by atoms with Crippen LogP contribution in [0.5, 0.6) is 5.75 Å². The molecule has 0 radical (unpaired) electrons. The summed E-state index contributed by atoms with van der Waals surface area (Å²) in [6, 6.07) is 16.4. The number of unbranched alkanes of at least 4 members (excludes halogenated alkanes) is 2. The van der Waals surface area contributed by atoms with E-state index in [2.05, 4.69) is 55.0 Å².